The molecule has 1 aliphatic heterocycles. The summed E-state index contributed by atoms with van der Waals surface area (Å²) >= 11 is 1.58. The fourth-order valence-electron chi connectivity index (χ4n) is 3.56. The molecule has 9 heteroatoms. The Bertz CT molecular complexity index is 1090. The maximum atomic E-state index is 13.5. The minimum absolute atomic E-state index is 0.123. The van der Waals surface area contributed by atoms with Crippen molar-refractivity contribution in [1.29, 1.82) is 0 Å². The van der Waals surface area contributed by atoms with Crippen molar-refractivity contribution in [3.05, 3.63) is 59.4 Å². The third kappa shape index (κ3) is 3.96. The number of likely N-dealkylation sites (tertiary alicyclic amines) is 1. The third-order valence-electron chi connectivity index (χ3n) is 4.95. The summed E-state index contributed by atoms with van der Waals surface area (Å²) in [6, 6.07) is 10.1. The van der Waals surface area contributed by atoms with Crippen molar-refractivity contribution < 1.29 is 13.4 Å². The Morgan fingerprint density at radius 2 is 2.03 bits per heavy atom. The maximum Gasteiger partial charge on any atom is 0.241 e. The molecule has 0 amide bonds. The first kappa shape index (κ1) is 18.1. The smallest absolute Gasteiger partial charge is 0.241 e. The van der Waals surface area contributed by atoms with Crippen LogP contribution in [0.2, 0.25) is 0 Å². The molecule has 4 aromatic rings. The van der Waals surface area contributed by atoms with E-state index in [1.165, 1.54) is 12.1 Å². The molecule has 3 aromatic heterocycles. The first-order valence-corrected chi connectivity index (χ1v) is 10.3. The molecule has 1 aliphatic rings. The van der Waals surface area contributed by atoms with E-state index in [2.05, 4.69) is 25.2 Å². The molecule has 29 heavy (non-hydrogen) atoms. The molecule has 1 atom stereocenters. The number of nitrogens with zero attached hydrogens (tertiary/aromatic N) is 5. The van der Waals surface area contributed by atoms with Crippen molar-refractivity contribution in [2.45, 2.75) is 25.3 Å². The summed E-state index contributed by atoms with van der Waals surface area (Å²) < 4.78 is 24.4. The Morgan fingerprint density at radius 1 is 1.10 bits per heavy atom. The molecule has 1 unspecified atom stereocenters. The number of benzene rings is 1. The number of halogens is 1. The van der Waals surface area contributed by atoms with Crippen LogP contribution in [0.4, 0.5) is 4.39 Å². The van der Waals surface area contributed by atoms with E-state index >= 15 is 0 Å². The maximum absolute atomic E-state index is 13.5. The van der Waals surface area contributed by atoms with Gasteiger partial charge in [0.25, 0.3) is 0 Å². The van der Waals surface area contributed by atoms with E-state index in [1.807, 2.05) is 17.5 Å². The van der Waals surface area contributed by atoms with Crippen LogP contribution in [0.3, 0.4) is 0 Å². The monoisotopic (exact) mass is 411 g/mol. The molecule has 0 saturated carbocycles. The Balaban J connectivity index is 1.26. The van der Waals surface area contributed by atoms with Crippen molar-refractivity contribution in [3.63, 3.8) is 0 Å². The minimum atomic E-state index is -0.320. The molecule has 0 bridgehead atoms. The summed E-state index contributed by atoms with van der Waals surface area (Å²) in [6.07, 6.45) is 1.97. The molecule has 5 rings (SSSR count). The van der Waals surface area contributed by atoms with Crippen LogP contribution in [0.5, 0.6) is 0 Å². The van der Waals surface area contributed by atoms with Crippen LogP contribution in [-0.4, -0.2) is 38.3 Å². The Kier molecular flexibility index (Phi) is 4.91. The molecular formula is C20H18FN5O2S. The van der Waals surface area contributed by atoms with Crippen molar-refractivity contribution in [3.8, 4) is 22.1 Å². The van der Waals surface area contributed by atoms with Crippen LogP contribution in [-0.2, 0) is 6.54 Å². The van der Waals surface area contributed by atoms with E-state index in [-0.39, 0.29) is 11.7 Å². The summed E-state index contributed by atoms with van der Waals surface area (Å²) in [5.74, 6) is 2.02. The van der Waals surface area contributed by atoms with Crippen LogP contribution >= 0.6 is 11.3 Å². The predicted molar refractivity (Wildman–Crippen MR) is 105 cm³/mol. The van der Waals surface area contributed by atoms with E-state index in [9.17, 15) is 4.39 Å². The van der Waals surface area contributed by atoms with Crippen LogP contribution < -0.4 is 0 Å². The summed E-state index contributed by atoms with van der Waals surface area (Å²) in [4.78, 5) is 12.3. The highest BCUT2D eigenvalue weighted by molar-refractivity contribution is 7.13. The third-order valence-corrected chi connectivity index (χ3v) is 5.81. The molecular weight excluding hydrogens is 393 g/mol. The zero-order chi connectivity index (χ0) is 19.6. The van der Waals surface area contributed by atoms with Gasteiger partial charge in [-0.1, -0.05) is 28.5 Å². The van der Waals surface area contributed by atoms with E-state index in [0.717, 1.165) is 30.8 Å². The summed E-state index contributed by atoms with van der Waals surface area (Å²) in [5, 5.41) is 10.1. The summed E-state index contributed by atoms with van der Waals surface area (Å²) in [5.41, 5.74) is 0.611. The Labute approximate surface area is 170 Å². The second-order valence-electron chi connectivity index (χ2n) is 7.03. The van der Waals surface area contributed by atoms with Gasteiger partial charge in [-0.2, -0.15) is 9.97 Å². The number of rotatable bonds is 5. The lowest BCUT2D eigenvalue weighted by molar-refractivity contribution is 0.162. The zero-order valence-electron chi connectivity index (χ0n) is 15.5. The van der Waals surface area contributed by atoms with Gasteiger partial charge in [0.05, 0.1) is 17.3 Å². The van der Waals surface area contributed by atoms with Gasteiger partial charge < -0.3 is 9.05 Å². The van der Waals surface area contributed by atoms with Gasteiger partial charge in [-0.15, -0.1) is 11.3 Å². The zero-order valence-corrected chi connectivity index (χ0v) is 16.3. The van der Waals surface area contributed by atoms with Gasteiger partial charge in [0.15, 0.2) is 0 Å². The van der Waals surface area contributed by atoms with E-state index < -0.39 is 0 Å². The molecule has 148 valence electrons. The quantitative estimate of drug-likeness (QED) is 0.482. The Morgan fingerprint density at radius 3 is 2.90 bits per heavy atom. The van der Waals surface area contributed by atoms with Gasteiger partial charge in [0, 0.05) is 12.1 Å². The SMILES string of the molecule is Fc1cccc(-c2noc(C3CCCN(Cc4nc(-c5cccs5)no4)C3)n2)c1. The highest BCUT2D eigenvalue weighted by Gasteiger charge is 2.27. The normalized spacial score (nSPS) is 17.6. The predicted octanol–water partition coefficient (Wildman–Crippen LogP) is 4.37. The van der Waals surface area contributed by atoms with E-state index in [4.69, 9.17) is 9.05 Å². The highest BCUT2D eigenvalue weighted by Crippen LogP contribution is 2.29. The average Bonchev–Trinajstić information content (AvgIpc) is 3.49. The van der Waals surface area contributed by atoms with E-state index in [0.29, 0.717) is 35.5 Å². The lowest BCUT2D eigenvalue weighted by Gasteiger charge is -2.29. The standard InChI is InChI=1S/C20H18FN5O2S/c21-15-6-1-4-13(10-15)18-23-20(28-24-18)14-5-2-8-26(11-14)12-17-22-19(25-27-17)16-7-3-9-29-16/h1,3-4,6-7,9-10,14H,2,5,8,11-12H2. The second kappa shape index (κ2) is 7.84. The lowest BCUT2D eigenvalue weighted by Crippen LogP contribution is -2.34. The molecule has 0 radical (unpaired) electrons. The summed E-state index contributed by atoms with van der Waals surface area (Å²) in [7, 11) is 0. The fourth-order valence-corrected chi connectivity index (χ4v) is 4.21. The number of piperidine rings is 1. The van der Waals surface area contributed by atoms with Crippen LogP contribution in [0.15, 0.2) is 50.8 Å². The first-order chi connectivity index (χ1) is 14.2. The number of hydrogen-bond acceptors (Lipinski definition) is 8. The average molecular weight is 411 g/mol. The molecule has 1 aromatic carbocycles. The van der Waals surface area contributed by atoms with Gasteiger partial charge >= 0.3 is 0 Å². The van der Waals surface area contributed by atoms with Crippen molar-refractivity contribution in [2.75, 3.05) is 13.1 Å². The number of thiophene rings is 1. The largest absolute Gasteiger partial charge is 0.339 e. The molecule has 7 nitrogen and oxygen atoms in total. The first-order valence-electron chi connectivity index (χ1n) is 9.43. The molecule has 0 spiro atoms. The minimum Gasteiger partial charge on any atom is -0.339 e. The number of hydrogen-bond donors (Lipinski definition) is 0. The van der Waals surface area contributed by atoms with Gasteiger partial charge in [-0.3, -0.25) is 4.90 Å². The van der Waals surface area contributed by atoms with Crippen molar-refractivity contribution in [2.24, 2.45) is 0 Å². The molecule has 0 aliphatic carbocycles. The van der Waals surface area contributed by atoms with Crippen molar-refractivity contribution in [1.82, 2.24) is 25.2 Å². The van der Waals surface area contributed by atoms with Crippen LogP contribution in [0.25, 0.3) is 22.1 Å². The number of aromatic nitrogens is 4. The van der Waals surface area contributed by atoms with Gasteiger partial charge in [-0.05, 0) is 43.0 Å². The second-order valence-corrected chi connectivity index (χ2v) is 7.98. The van der Waals surface area contributed by atoms with Gasteiger partial charge in [0.1, 0.15) is 5.82 Å². The topological polar surface area (TPSA) is 81.1 Å². The highest BCUT2D eigenvalue weighted by atomic mass is 32.1. The van der Waals surface area contributed by atoms with Crippen molar-refractivity contribution >= 4 is 11.3 Å². The Hall–Kier alpha value is -2.91. The molecule has 1 saturated heterocycles. The molecule has 1 fully saturated rings. The molecule has 4 heterocycles. The van der Waals surface area contributed by atoms with Gasteiger partial charge in [-0.25, -0.2) is 4.39 Å². The van der Waals surface area contributed by atoms with Crippen LogP contribution in [0.1, 0.15) is 30.5 Å². The lowest BCUT2D eigenvalue weighted by atomic mass is 9.98. The van der Waals surface area contributed by atoms with Gasteiger partial charge in [0.2, 0.25) is 23.4 Å². The van der Waals surface area contributed by atoms with E-state index in [1.54, 1.807) is 23.5 Å². The summed E-state index contributed by atoms with van der Waals surface area (Å²) in [6.45, 7) is 2.29. The fraction of sp³-hybridized carbons (Fsp3) is 0.300. The molecule has 0 N–H and O–H groups in total. The van der Waals surface area contributed by atoms with Crippen LogP contribution in [0, 0.1) is 5.82 Å².